The van der Waals surface area contributed by atoms with E-state index in [4.69, 9.17) is 11.5 Å². The van der Waals surface area contributed by atoms with Crippen molar-refractivity contribution in [3.05, 3.63) is 108 Å². The van der Waals surface area contributed by atoms with Gasteiger partial charge in [-0.3, -0.25) is 38.4 Å². The van der Waals surface area contributed by atoms with Crippen molar-refractivity contribution in [1.82, 2.24) is 31.9 Å². The van der Waals surface area contributed by atoms with Crippen LogP contribution in [-0.4, -0.2) is 106 Å². The number of nitrogens with two attached hydrogens (primary N) is 2. The highest BCUT2D eigenvalue weighted by molar-refractivity contribution is 5.96. The van der Waals surface area contributed by atoms with Gasteiger partial charge in [-0.25, -0.2) is 4.79 Å². The van der Waals surface area contributed by atoms with Crippen LogP contribution in [0.1, 0.15) is 140 Å². The minimum absolute atomic E-state index is 0.0552. The maximum atomic E-state index is 14.0. The summed E-state index contributed by atoms with van der Waals surface area (Å²) in [6.45, 7) is 4.99. The monoisotopic (exact) mass is 1050 g/mol. The number of rotatable bonds is 38. The van der Waals surface area contributed by atoms with E-state index >= 15 is 0 Å². The maximum Gasteiger partial charge on any atom is 0.326 e. The Morgan fingerprint density at radius 2 is 0.803 bits per heavy atom. The molecule has 0 bridgehead atoms. The van der Waals surface area contributed by atoms with Gasteiger partial charge < -0.3 is 53.6 Å². The number of carboxylic acid groups (broad SMARTS) is 1. The number of amides is 8. The quantitative estimate of drug-likeness (QED) is 0.0366. The van der Waals surface area contributed by atoms with Gasteiger partial charge in [0, 0.05) is 32.1 Å². The molecule has 3 aromatic carbocycles. The van der Waals surface area contributed by atoms with E-state index in [1.54, 1.807) is 73.7 Å². The Morgan fingerprint density at radius 3 is 1.21 bits per heavy atom. The lowest BCUT2D eigenvalue weighted by atomic mass is 9.96. The Bertz CT molecular complexity index is 2290. The molecule has 0 aliphatic heterocycles. The van der Waals surface area contributed by atoms with E-state index in [1.807, 2.05) is 31.2 Å². The molecule has 8 atom stereocenters. The molecule has 0 saturated carbocycles. The first-order valence-electron chi connectivity index (χ1n) is 26.8. The van der Waals surface area contributed by atoms with Gasteiger partial charge in [-0.15, -0.1) is 0 Å². The Morgan fingerprint density at radius 1 is 0.434 bits per heavy atom. The Balaban J connectivity index is 1.34. The van der Waals surface area contributed by atoms with E-state index in [-0.39, 0.29) is 32.1 Å². The van der Waals surface area contributed by atoms with Crippen molar-refractivity contribution >= 4 is 53.2 Å². The van der Waals surface area contributed by atoms with Crippen molar-refractivity contribution in [3.63, 3.8) is 0 Å². The van der Waals surface area contributed by atoms with Crippen LogP contribution in [0.4, 0.5) is 0 Å². The fourth-order valence-corrected chi connectivity index (χ4v) is 8.58. The number of aliphatic carboxylic acids is 1. The van der Waals surface area contributed by atoms with E-state index in [2.05, 4.69) is 31.9 Å². The zero-order chi connectivity index (χ0) is 55.8. The Labute approximate surface area is 447 Å². The number of primary amides is 2. The van der Waals surface area contributed by atoms with Gasteiger partial charge in [0.15, 0.2) is 0 Å². The molecule has 0 saturated heterocycles. The van der Waals surface area contributed by atoms with Crippen molar-refractivity contribution < 1.29 is 53.4 Å². The summed E-state index contributed by atoms with van der Waals surface area (Å²) in [7, 11) is 0. The molecule has 0 fully saturated rings. The SMILES string of the molecule is CC[C@H](C)[C@@H](NC(=O)[C@@H](NC(=O)CCCCCCCCCCCCCCC(=O)N[C@H](CC(=O)N[C@@H](Cc1ccccc1)C(=O)O)C(N)=O)[C@H](C)O)C(=O)N[C@@H](Cc1ccccc1)C(=O)N[C@@H](Cc1ccccc1)C(N)=O. The average molecular weight is 1060 g/mol. The summed E-state index contributed by atoms with van der Waals surface area (Å²) in [6, 6.07) is 19.7. The predicted molar refractivity (Wildman–Crippen MR) is 288 cm³/mol. The van der Waals surface area contributed by atoms with Crippen LogP contribution >= 0.6 is 0 Å². The highest BCUT2D eigenvalue weighted by atomic mass is 16.4. The second kappa shape index (κ2) is 35.2. The van der Waals surface area contributed by atoms with Crippen LogP contribution in [0.25, 0.3) is 0 Å². The molecular formula is C57H82N8O11. The summed E-state index contributed by atoms with van der Waals surface area (Å²) in [5, 5.41) is 35.9. The number of benzene rings is 3. The normalized spacial score (nSPS) is 14.2. The van der Waals surface area contributed by atoms with Crippen LogP contribution in [0.5, 0.6) is 0 Å². The zero-order valence-electron chi connectivity index (χ0n) is 44.4. The van der Waals surface area contributed by atoms with E-state index in [1.165, 1.54) is 6.92 Å². The van der Waals surface area contributed by atoms with Gasteiger partial charge in [0.05, 0.1) is 12.5 Å². The minimum Gasteiger partial charge on any atom is -0.480 e. The number of carbonyl (C=O) groups excluding carboxylic acids is 8. The third-order valence-corrected chi connectivity index (χ3v) is 13.3. The third-order valence-electron chi connectivity index (χ3n) is 13.3. The molecular weight excluding hydrogens is 973 g/mol. The van der Waals surface area contributed by atoms with Crippen molar-refractivity contribution in [3.8, 4) is 0 Å². The lowest BCUT2D eigenvalue weighted by Crippen LogP contribution is -2.61. The Kier molecular flexibility index (Phi) is 29.2. The summed E-state index contributed by atoms with van der Waals surface area (Å²) in [4.78, 5) is 116. The van der Waals surface area contributed by atoms with E-state index in [0.29, 0.717) is 24.8 Å². The average Bonchev–Trinajstić information content (AvgIpc) is 3.39. The molecule has 12 N–H and O–H groups in total. The second-order valence-electron chi connectivity index (χ2n) is 19.7. The lowest BCUT2D eigenvalue weighted by Gasteiger charge is -2.29. The van der Waals surface area contributed by atoms with Crippen LogP contribution in [0, 0.1) is 5.92 Å². The third kappa shape index (κ3) is 24.9. The van der Waals surface area contributed by atoms with Crippen LogP contribution < -0.4 is 43.4 Å². The Hall–Kier alpha value is -7.15. The largest absolute Gasteiger partial charge is 0.480 e. The summed E-state index contributed by atoms with van der Waals surface area (Å²) in [5.74, 6) is -6.85. The van der Waals surface area contributed by atoms with Crippen molar-refractivity contribution in [1.29, 1.82) is 0 Å². The maximum absolute atomic E-state index is 14.0. The van der Waals surface area contributed by atoms with E-state index < -0.39 is 108 Å². The summed E-state index contributed by atoms with van der Waals surface area (Å²) in [5.41, 5.74) is 13.4. The second-order valence-corrected chi connectivity index (χ2v) is 19.7. The van der Waals surface area contributed by atoms with E-state index in [0.717, 1.165) is 75.3 Å². The number of carboxylic acids is 1. The number of carbonyl (C=O) groups is 9. The highest BCUT2D eigenvalue weighted by Crippen LogP contribution is 2.15. The van der Waals surface area contributed by atoms with Crippen LogP contribution in [0.2, 0.25) is 0 Å². The van der Waals surface area contributed by atoms with Crippen LogP contribution in [-0.2, 0) is 62.4 Å². The van der Waals surface area contributed by atoms with Crippen molar-refractivity contribution in [2.24, 2.45) is 17.4 Å². The molecule has 0 spiro atoms. The summed E-state index contributed by atoms with van der Waals surface area (Å²) < 4.78 is 0. The fraction of sp³-hybridized carbons (Fsp3) is 0.526. The molecule has 0 aliphatic rings. The number of hydrogen-bond donors (Lipinski definition) is 10. The molecule has 0 unspecified atom stereocenters. The van der Waals surface area contributed by atoms with Crippen LogP contribution in [0.15, 0.2) is 91.0 Å². The number of aliphatic hydroxyl groups excluding tert-OH is 1. The number of hydrogen-bond acceptors (Lipinski definition) is 10. The minimum atomic E-state index is -1.34. The molecule has 3 aromatic rings. The standard InChI is InChI=1S/C57H82N8O11/c1-4-38(2)50(55(73)63-45(35-41-28-20-16-21-29-41)54(72)62-43(52(58)70)34-40-26-18-15-19-27-40)65-56(74)51(39(3)66)64-48(68)33-25-14-12-10-8-6-5-7-9-11-13-24-32-47(67)60-44(53(59)71)37-49(69)61-46(57(75)76)36-42-30-22-17-23-31-42/h15-23,26-31,38-39,43-46,50-51,66H,4-14,24-25,32-37H2,1-3H3,(H2,58,70)(H2,59,71)(H,60,67)(H,61,69)(H,62,72)(H,63,73)(H,64,68)(H,65,74)(H,75,76)/t38-,39-,43-,44+,45-,46-,50+,51-/m0/s1. The fourth-order valence-electron chi connectivity index (χ4n) is 8.58. The zero-order valence-corrected chi connectivity index (χ0v) is 44.4. The van der Waals surface area contributed by atoms with Crippen molar-refractivity contribution in [2.75, 3.05) is 0 Å². The first-order chi connectivity index (χ1) is 36.4. The van der Waals surface area contributed by atoms with Gasteiger partial charge in [0.1, 0.15) is 36.3 Å². The first-order valence-corrected chi connectivity index (χ1v) is 26.8. The van der Waals surface area contributed by atoms with Gasteiger partial charge >= 0.3 is 5.97 Å². The molecule has 416 valence electrons. The smallest absolute Gasteiger partial charge is 0.326 e. The number of aliphatic hydroxyl groups is 1. The number of nitrogens with one attached hydrogen (secondary N) is 6. The molecule has 0 aliphatic carbocycles. The van der Waals surface area contributed by atoms with Crippen molar-refractivity contribution in [2.45, 2.75) is 185 Å². The molecule has 0 heterocycles. The predicted octanol–water partition coefficient (Wildman–Crippen LogP) is 3.96. The summed E-state index contributed by atoms with van der Waals surface area (Å²) in [6.07, 6.45) is 10.2. The molecule has 0 radical (unpaired) electrons. The van der Waals surface area contributed by atoms with Gasteiger partial charge in [-0.05, 0) is 42.4 Å². The lowest BCUT2D eigenvalue weighted by molar-refractivity contribution is -0.142. The topological polar surface area (TPSA) is 318 Å². The van der Waals surface area contributed by atoms with Gasteiger partial charge in [0.2, 0.25) is 47.3 Å². The molecule has 0 aromatic heterocycles. The van der Waals surface area contributed by atoms with Gasteiger partial charge in [-0.2, -0.15) is 0 Å². The van der Waals surface area contributed by atoms with Crippen LogP contribution in [0.3, 0.4) is 0 Å². The molecule has 19 nitrogen and oxygen atoms in total. The number of unbranched alkanes of at least 4 members (excludes halogenated alkanes) is 11. The van der Waals surface area contributed by atoms with Gasteiger partial charge in [0.25, 0.3) is 0 Å². The molecule has 3 rings (SSSR count). The molecule has 8 amide bonds. The summed E-state index contributed by atoms with van der Waals surface area (Å²) >= 11 is 0. The molecule has 76 heavy (non-hydrogen) atoms. The first kappa shape index (κ1) is 63.1. The highest BCUT2D eigenvalue weighted by Gasteiger charge is 2.35. The van der Waals surface area contributed by atoms with E-state index in [9.17, 15) is 53.4 Å². The molecule has 19 heteroatoms. The van der Waals surface area contributed by atoms with Gasteiger partial charge in [-0.1, -0.05) is 175 Å².